The summed E-state index contributed by atoms with van der Waals surface area (Å²) in [5.41, 5.74) is 0.442. The van der Waals surface area contributed by atoms with Gasteiger partial charge >= 0.3 is 0 Å². The summed E-state index contributed by atoms with van der Waals surface area (Å²) in [4.78, 5) is 28.7. The standard InChI is InChI=1S/C21H23ClN2O5/c1-27-17-7-8-19(28-2)18(13-17)21(26)24-11-9-23(10-12-24)20(25)14-29-16-5-3-15(22)4-6-16/h3-8,13H,9-12,14H2,1-2H3. The lowest BCUT2D eigenvalue weighted by molar-refractivity contribution is -0.134. The third-order valence-corrected chi connectivity index (χ3v) is 4.98. The molecule has 2 aromatic rings. The van der Waals surface area contributed by atoms with Gasteiger partial charge in [0.2, 0.25) is 0 Å². The van der Waals surface area contributed by atoms with E-state index in [1.165, 1.54) is 7.11 Å². The number of carbonyl (C=O) groups is 2. The van der Waals surface area contributed by atoms with Gasteiger partial charge in [-0.3, -0.25) is 9.59 Å². The molecule has 0 aromatic heterocycles. The topological polar surface area (TPSA) is 68.3 Å². The largest absolute Gasteiger partial charge is 0.497 e. The third-order valence-electron chi connectivity index (χ3n) is 4.73. The molecule has 1 heterocycles. The van der Waals surface area contributed by atoms with Gasteiger partial charge in [0.05, 0.1) is 19.8 Å². The van der Waals surface area contributed by atoms with Crippen molar-refractivity contribution in [3.8, 4) is 17.2 Å². The monoisotopic (exact) mass is 418 g/mol. The zero-order valence-electron chi connectivity index (χ0n) is 16.4. The van der Waals surface area contributed by atoms with Crippen LogP contribution < -0.4 is 14.2 Å². The second-order valence-electron chi connectivity index (χ2n) is 6.48. The molecule has 0 bridgehead atoms. The maximum absolute atomic E-state index is 12.9. The summed E-state index contributed by atoms with van der Waals surface area (Å²) in [5, 5.41) is 0.608. The van der Waals surface area contributed by atoms with Crippen LogP contribution >= 0.6 is 11.6 Å². The summed E-state index contributed by atoms with van der Waals surface area (Å²) in [6, 6.07) is 12.0. The highest BCUT2D eigenvalue weighted by molar-refractivity contribution is 6.30. The van der Waals surface area contributed by atoms with E-state index in [1.54, 1.807) is 59.4 Å². The lowest BCUT2D eigenvalue weighted by Crippen LogP contribution is -2.51. The van der Waals surface area contributed by atoms with E-state index >= 15 is 0 Å². The number of benzene rings is 2. The number of hydrogen-bond acceptors (Lipinski definition) is 5. The van der Waals surface area contributed by atoms with Crippen LogP contribution in [-0.2, 0) is 4.79 Å². The van der Waals surface area contributed by atoms with Crippen LogP contribution in [0, 0.1) is 0 Å². The van der Waals surface area contributed by atoms with Crippen molar-refractivity contribution in [2.75, 3.05) is 47.0 Å². The molecule has 0 spiro atoms. The predicted octanol–water partition coefficient (Wildman–Crippen LogP) is 2.72. The normalized spacial score (nSPS) is 13.8. The number of halogens is 1. The number of nitrogens with zero attached hydrogens (tertiary/aromatic N) is 2. The van der Waals surface area contributed by atoms with Crippen LogP contribution in [0.4, 0.5) is 0 Å². The minimum atomic E-state index is -0.148. The van der Waals surface area contributed by atoms with E-state index in [0.717, 1.165) is 0 Å². The van der Waals surface area contributed by atoms with Gasteiger partial charge in [0.15, 0.2) is 6.61 Å². The quantitative estimate of drug-likeness (QED) is 0.721. The molecule has 3 rings (SSSR count). The summed E-state index contributed by atoms with van der Waals surface area (Å²) >= 11 is 5.84. The third kappa shape index (κ3) is 5.12. The zero-order chi connectivity index (χ0) is 20.8. The van der Waals surface area contributed by atoms with E-state index in [0.29, 0.717) is 54.0 Å². The molecule has 0 unspecified atom stereocenters. The maximum atomic E-state index is 12.9. The second-order valence-corrected chi connectivity index (χ2v) is 6.92. The Hall–Kier alpha value is -2.93. The minimum Gasteiger partial charge on any atom is -0.497 e. The average Bonchev–Trinajstić information content (AvgIpc) is 2.77. The van der Waals surface area contributed by atoms with E-state index in [4.69, 9.17) is 25.8 Å². The highest BCUT2D eigenvalue weighted by Crippen LogP contribution is 2.25. The molecule has 0 radical (unpaired) electrons. The number of piperazine rings is 1. The van der Waals surface area contributed by atoms with Gasteiger partial charge in [-0.25, -0.2) is 0 Å². The molecule has 154 valence electrons. The van der Waals surface area contributed by atoms with E-state index in [9.17, 15) is 9.59 Å². The Balaban J connectivity index is 1.55. The Morgan fingerprint density at radius 3 is 2.14 bits per heavy atom. The lowest BCUT2D eigenvalue weighted by atomic mass is 10.1. The number of ether oxygens (including phenoxy) is 3. The zero-order valence-corrected chi connectivity index (χ0v) is 17.1. The molecule has 1 aliphatic heterocycles. The molecule has 2 aromatic carbocycles. The number of methoxy groups -OCH3 is 2. The number of rotatable bonds is 6. The predicted molar refractivity (Wildman–Crippen MR) is 109 cm³/mol. The molecule has 7 nitrogen and oxygen atoms in total. The summed E-state index contributed by atoms with van der Waals surface area (Å²) in [5.74, 6) is 1.39. The van der Waals surface area contributed by atoms with Crippen LogP contribution in [0.1, 0.15) is 10.4 Å². The van der Waals surface area contributed by atoms with Crippen LogP contribution in [0.25, 0.3) is 0 Å². The summed E-state index contributed by atoms with van der Waals surface area (Å²) in [6.45, 7) is 1.71. The lowest BCUT2D eigenvalue weighted by Gasteiger charge is -2.35. The van der Waals surface area contributed by atoms with Crippen molar-refractivity contribution in [1.29, 1.82) is 0 Å². The van der Waals surface area contributed by atoms with E-state index in [2.05, 4.69) is 0 Å². The van der Waals surface area contributed by atoms with Crippen molar-refractivity contribution in [2.45, 2.75) is 0 Å². The van der Waals surface area contributed by atoms with Gasteiger partial charge in [-0.15, -0.1) is 0 Å². The van der Waals surface area contributed by atoms with Crippen molar-refractivity contribution < 1.29 is 23.8 Å². The molecule has 1 aliphatic rings. The van der Waals surface area contributed by atoms with Crippen molar-refractivity contribution in [3.63, 3.8) is 0 Å². The van der Waals surface area contributed by atoms with Crippen molar-refractivity contribution in [1.82, 2.24) is 9.80 Å². The molecule has 0 atom stereocenters. The van der Waals surface area contributed by atoms with Crippen LogP contribution in [0.15, 0.2) is 42.5 Å². The highest BCUT2D eigenvalue weighted by atomic mass is 35.5. The van der Waals surface area contributed by atoms with E-state index < -0.39 is 0 Å². The molecule has 1 saturated heterocycles. The molecule has 0 aliphatic carbocycles. The molecule has 0 saturated carbocycles. The maximum Gasteiger partial charge on any atom is 0.260 e. The Kier molecular flexibility index (Phi) is 6.82. The average molecular weight is 419 g/mol. The molecular weight excluding hydrogens is 396 g/mol. The van der Waals surface area contributed by atoms with E-state index in [-0.39, 0.29) is 18.4 Å². The second kappa shape index (κ2) is 9.52. The minimum absolute atomic E-state index is 0.0563. The fourth-order valence-corrected chi connectivity index (χ4v) is 3.20. The fraction of sp³-hybridized carbons (Fsp3) is 0.333. The molecule has 8 heteroatoms. The Morgan fingerprint density at radius 1 is 0.897 bits per heavy atom. The molecule has 2 amide bonds. The number of hydrogen-bond donors (Lipinski definition) is 0. The first-order valence-corrected chi connectivity index (χ1v) is 9.57. The SMILES string of the molecule is COc1ccc(OC)c(C(=O)N2CCN(C(=O)COc3ccc(Cl)cc3)CC2)c1. The Morgan fingerprint density at radius 2 is 1.52 bits per heavy atom. The Labute approximate surface area is 174 Å². The molecule has 1 fully saturated rings. The van der Waals surface area contributed by atoms with Gasteiger partial charge in [-0.1, -0.05) is 11.6 Å². The van der Waals surface area contributed by atoms with Crippen LogP contribution in [0.5, 0.6) is 17.2 Å². The van der Waals surface area contributed by atoms with Gasteiger partial charge in [-0.05, 0) is 42.5 Å². The highest BCUT2D eigenvalue weighted by Gasteiger charge is 2.27. The molecule has 29 heavy (non-hydrogen) atoms. The number of carbonyl (C=O) groups excluding carboxylic acids is 2. The Bertz CT molecular complexity index is 864. The molecular formula is C21H23ClN2O5. The number of amides is 2. The van der Waals surface area contributed by atoms with Gasteiger partial charge in [0.1, 0.15) is 17.2 Å². The van der Waals surface area contributed by atoms with Crippen LogP contribution in [-0.4, -0.2) is 68.6 Å². The van der Waals surface area contributed by atoms with Crippen LogP contribution in [0.3, 0.4) is 0 Å². The summed E-state index contributed by atoms with van der Waals surface area (Å²) in [6.07, 6.45) is 0. The molecule has 0 N–H and O–H groups in total. The fourth-order valence-electron chi connectivity index (χ4n) is 3.08. The van der Waals surface area contributed by atoms with Crippen LogP contribution in [0.2, 0.25) is 5.02 Å². The first kappa shape index (κ1) is 20.8. The summed E-state index contributed by atoms with van der Waals surface area (Å²) < 4.78 is 16.0. The van der Waals surface area contributed by atoms with Gasteiger partial charge in [0.25, 0.3) is 11.8 Å². The van der Waals surface area contributed by atoms with Gasteiger partial charge in [0, 0.05) is 31.2 Å². The van der Waals surface area contributed by atoms with Gasteiger partial charge in [-0.2, -0.15) is 0 Å². The summed E-state index contributed by atoms with van der Waals surface area (Å²) in [7, 11) is 3.07. The first-order valence-electron chi connectivity index (χ1n) is 9.19. The van der Waals surface area contributed by atoms with Crippen molar-refractivity contribution in [2.24, 2.45) is 0 Å². The van der Waals surface area contributed by atoms with Crippen molar-refractivity contribution in [3.05, 3.63) is 53.1 Å². The first-order chi connectivity index (χ1) is 14.0. The van der Waals surface area contributed by atoms with Gasteiger partial charge < -0.3 is 24.0 Å². The van der Waals surface area contributed by atoms with E-state index in [1.807, 2.05) is 0 Å². The smallest absolute Gasteiger partial charge is 0.260 e. The van der Waals surface area contributed by atoms with Crippen molar-refractivity contribution >= 4 is 23.4 Å².